The van der Waals surface area contributed by atoms with Crippen molar-refractivity contribution in [3.63, 3.8) is 0 Å². The zero-order valence-electron chi connectivity index (χ0n) is 31.5. The number of aryl methyl sites for hydroxylation is 4. The fourth-order valence-electron chi connectivity index (χ4n) is 3.50. The Hall–Kier alpha value is -3.58. The summed E-state index contributed by atoms with van der Waals surface area (Å²) >= 11 is 0. The summed E-state index contributed by atoms with van der Waals surface area (Å²) in [4.78, 5) is 0. The van der Waals surface area contributed by atoms with Crippen molar-refractivity contribution in [1.29, 1.82) is 0 Å². The van der Waals surface area contributed by atoms with E-state index < -0.39 is 0 Å². The molecule has 0 bridgehead atoms. The van der Waals surface area contributed by atoms with Gasteiger partial charge in [0.1, 0.15) is 5.75 Å². The first-order valence-corrected chi connectivity index (χ1v) is 17.0. The molecule has 5 aromatic rings. The number of hydrogen-bond donors (Lipinski definition) is 1. The highest BCUT2D eigenvalue weighted by atomic mass is 16.3. The van der Waals surface area contributed by atoms with Crippen LogP contribution in [-0.4, -0.2) is 5.11 Å². The molecule has 1 heteroatoms. The van der Waals surface area contributed by atoms with Crippen LogP contribution in [0.1, 0.15) is 112 Å². The number of benzene rings is 5. The normalized spacial score (nSPS) is 8.18. The molecule has 0 aliphatic rings. The molecule has 5 rings (SSSR count). The van der Waals surface area contributed by atoms with Gasteiger partial charge in [-0.15, -0.1) is 0 Å². The Morgan fingerprint density at radius 2 is 0.705 bits per heavy atom. The lowest BCUT2D eigenvalue weighted by Crippen LogP contribution is -1.80. The number of rotatable bonds is 0. The van der Waals surface area contributed by atoms with Crippen LogP contribution in [0.25, 0.3) is 21.5 Å². The van der Waals surface area contributed by atoms with Crippen LogP contribution in [0.5, 0.6) is 5.75 Å². The smallest absolute Gasteiger partial charge is 0.126 e. The predicted octanol–water partition coefficient (Wildman–Crippen LogP) is 14.9. The number of phenolic OH excluding ortho intramolecular Hbond substituents is 1. The molecule has 1 N–H and O–H groups in total. The largest absolute Gasteiger partial charge is 0.507 e. The highest BCUT2D eigenvalue weighted by Crippen LogP contribution is 2.27. The molecule has 0 amide bonds. The maximum atomic E-state index is 9.66. The van der Waals surface area contributed by atoms with Gasteiger partial charge in [-0.05, 0) is 60.5 Å². The summed E-state index contributed by atoms with van der Waals surface area (Å²) in [7, 11) is 0. The third-order valence-corrected chi connectivity index (χ3v) is 5.40. The van der Waals surface area contributed by atoms with Gasteiger partial charge >= 0.3 is 0 Å². The monoisotopic (exact) mass is 601 g/mol. The average molecular weight is 601 g/mol. The van der Waals surface area contributed by atoms with Gasteiger partial charge in [0.15, 0.2) is 0 Å². The zero-order chi connectivity index (χ0) is 34.9. The van der Waals surface area contributed by atoms with E-state index in [0.717, 1.165) is 16.3 Å². The van der Waals surface area contributed by atoms with Crippen molar-refractivity contribution in [3.05, 3.63) is 125 Å². The molecule has 0 atom stereocenters. The third-order valence-electron chi connectivity index (χ3n) is 5.40. The first-order chi connectivity index (χ1) is 21.4. The van der Waals surface area contributed by atoms with Crippen LogP contribution >= 0.6 is 0 Å². The summed E-state index contributed by atoms with van der Waals surface area (Å²) < 4.78 is 0. The van der Waals surface area contributed by atoms with Gasteiger partial charge in [-0.25, -0.2) is 0 Å². The Bertz CT molecular complexity index is 1240. The molecule has 5 aromatic carbocycles. The topological polar surface area (TPSA) is 20.2 Å². The van der Waals surface area contributed by atoms with Crippen molar-refractivity contribution in [1.82, 2.24) is 0 Å². The predicted molar refractivity (Wildman–Crippen MR) is 208 cm³/mol. The summed E-state index contributed by atoms with van der Waals surface area (Å²) in [5, 5.41) is 14.4. The van der Waals surface area contributed by atoms with Gasteiger partial charge < -0.3 is 5.11 Å². The molecule has 0 aliphatic carbocycles. The highest BCUT2D eigenvalue weighted by molar-refractivity contribution is 5.89. The van der Waals surface area contributed by atoms with Crippen LogP contribution in [-0.2, 0) is 0 Å². The Kier molecular flexibility index (Phi) is 36.5. The van der Waals surface area contributed by atoms with Crippen molar-refractivity contribution in [2.45, 2.75) is 117 Å². The molecule has 0 radical (unpaired) electrons. The van der Waals surface area contributed by atoms with Gasteiger partial charge in [0.05, 0.1) is 0 Å². The van der Waals surface area contributed by atoms with Crippen molar-refractivity contribution >= 4 is 21.5 Å². The van der Waals surface area contributed by atoms with E-state index in [-0.39, 0.29) is 0 Å². The number of aromatic hydroxyl groups is 1. The number of hydrogen-bond acceptors (Lipinski definition) is 1. The van der Waals surface area contributed by atoms with Gasteiger partial charge in [-0.1, -0.05) is 198 Å². The lowest BCUT2D eigenvalue weighted by atomic mass is 10.0. The Labute approximate surface area is 274 Å². The molecule has 0 aliphatic heterocycles. The first-order valence-electron chi connectivity index (χ1n) is 17.0. The molecule has 0 spiro atoms. The van der Waals surface area contributed by atoms with E-state index in [9.17, 15) is 5.11 Å². The van der Waals surface area contributed by atoms with Gasteiger partial charge in [0.2, 0.25) is 0 Å². The maximum absolute atomic E-state index is 9.66. The summed E-state index contributed by atoms with van der Waals surface area (Å²) in [6.07, 6.45) is 1.25. The van der Waals surface area contributed by atoms with Crippen LogP contribution in [0.2, 0.25) is 0 Å². The summed E-state index contributed by atoms with van der Waals surface area (Å²) in [5.74, 6) is 0.396. The Morgan fingerprint density at radius 3 is 1.07 bits per heavy atom. The lowest BCUT2D eigenvalue weighted by Gasteiger charge is -2.03. The van der Waals surface area contributed by atoms with E-state index in [1.165, 1.54) is 33.9 Å². The molecule has 0 aromatic heterocycles. The summed E-state index contributed by atoms with van der Waals surface area (Å²) in [6, 6.07) is 34.9. The quantitative estimate of drug-likeness (QED) is 0.187. The Balaban J connectivity index is -0.000000234. The SMILES string of the molecule is CC.CC.CC.CC.CC.CCC.Cc1ccc(C)c2ccccc12.Cc1ccc2ccccc2c1O.Cc1ccccc1. The van der Waals surface area contributed by atoms with Crippen LogP contribution in [0.3, 0.4) is 0 Å². The van der Waals surface area contributed by atoms with E-state index in [0.29, 0.717) is 5.75 Å². The zero-order valence-corrected chi connectivity index (χ0v) is 31.5. The first kappa shape index (κ1) is 47.4. The maximum Gasteiger partial charge on any atom is 0.126 e. The van der Waals surface area contributed by atoms with E-state index >= 15 is 0 Å². The Morgan fingerprint density at radius 1 is 0.386 bits per heavy atom. The van der Waals surface area contributed by atoms with Gasteiger partial charge in [-0.3, -0.25) is 0 Å². The van der Waals surface area contributed by atoms with E-state index in [4.69, 9.17) is 0 Å². The molecule has 0 fully saturated rings. The van der Waals surface area contributed by atoms with E-state index in [1.54, 1.807) is 0 Å². The van der Waals surface area contributed by atoms with Gasteiger partial charge in [0.25, 0.3) is 0 Å². The van der Waals surface area contributed by atoms with Gasteiger partial charge in [0, 0.05) is 5.39 Å². The number of fused-ring (bicyclic) bond motifs is 2. The minimum absolute atomic E-state index is 0.396. The third kappa shape index (κ3) is 19.6. The molecule has 0 unspecified atom stereocenters. The van der Waals surface area contributed by atoms with Crippen LogP contribution in [0.15, 0.2) is 103 Å². The molecule has 0 saturated carbocycles. The molecule has 1 nitrogen and oxygen atoms in total. The van der Waals surface area contributed by atoms with Crippen molar-refractivity contribution in [2.24, 2.45) is 0 Å². The minimum Gasteiger partial charge on any atom is -0.507 e. The minimum atomic E-state index is 0.396. The van der Waals surface area contributed by atoms with Crippen molar-refractivity contribution < 1.29 is 5.11 Å². The summed E-state index contributed by atoms with van der Waals surface area (Å²) in [5.41, 5.74) is 4.96. The fraction of sp³-hybridized carbons (Fsp3) is 0.395. The average Bonchev–Trinajstić information content (AvgIpc) is 3.11. The van der Waals surface area contributed by atoms with Crippen molar-refractivity contribution in [3.8, 4) is 5.75 Å². The van der Waals surface area contributed by atoms with Crippen LogP contribution in [0.4, 0.5) is 0 Å². The second-order valence-corrected chi connectivity index (χ2v) is 8.56. The second kappa shape index (κ2) is 33.9. The molecule has 246 valence electrons. The lowest BCUT2D eigenvalue weighted by molar-refractivity contribution is 0.477. The number of phenols is 1. The second-order valence-electron chi connectivity index (χ2n) is 8.56. The van der Waals surface area contributed by atoms with Gasteiger partial charge in [-0.2, -0.15) is 0 Å². The van der Waals surface area contributed by atoms with E-state index in [2.05, 4.69) is 83.1 Å². The fourth-order valence-corrected chi connectivity index (χ4v) is 3.50. The highest BCUT2D eigenvalue weighted by Gasteiger charge is 2.00. The molecule has 44 heavy (non-hydrogen) atoms. The van der Waals surface area contributed by atoms with Crippen molar-refractivity contribution in [2.75, 3.05) is 0 Å². The molecule has 0 heterocycles. The molecular formula is C43H68O. The molecular weight excluding hydrogens is 532 g/mol. The summed E-state index contributed by atoms with van der Waals surface area (Å²) in [6.45, 7) is 32.5. The van der Waals surface area contributed by atoms with Crippen LogP contribution < -0.4 is 0 Å². The molecule has 0 saturated heterocycles. The standard InChI is InChI=1S/C12H12.C11H10O.C7H8.C3H8.5C2H6/c1-9-7-8-10(2)12-6-4-3-5-11(9)12;1-8-6-7-9-4-2-3-5-10(9)11(8)12;1-7-5-3-2-4-6-7;1-3-2;5*1-2/h3-8H,1-2H3;2-7,12H,1H3;2-6H,1H3;3H2,1-2H3;5*1-2H3. The van der Waals surface area contributed by atoms with E-state index in [1.807, 2.05) is 131 Å². The van der Waals surface area contributed by atoms with Crippen LogP contribution in [0, 0.1) is 27.7 Å².